The number of hydrogen-bond acceptors (Lipinski definition) is 3. The standard InChI is InChI=1S/C20H26N2O3S/c1-13-7-9-17(10-8-13)16(4)22(6)20(23)18-11-14(2)15(3)19(12-18)26(24,25)21-5/h7-12,16,21H,1-6H3. The van der Waals surface area contributed by atoms with E-state index in [2.05, 4.69) is 4.72 Å². The summed E-state index contributed by atoms with van der Waals surface area (Å²) in [5.74, 6) is -0.214. The molecule has 0 aliphatic rings. The summed E-state index contributed by atoms with van der Waals surface area (Å²) in [6, 6.07) is 11.1. The van der Waals surface area contributed by atoms with Crippen molar-refractivity contribution in [2.24, 2.45) is 0 Å². The summed E-state index contributed by atoms with van der Waals surface area (Å²) < 4.78 is 26.9. The quantitative estimate of drug-likeness (QED) is 0.873. The average Bonchev–Trinajstić information content (AvgIpc) is 2.62. The van der Waals surface area contributed by atoms with Crippen LogP contribution in [0, 0.1) is 20.8 Å². The molecule has 0 aliphatic heterocycles. The van der Waals surface area contributed by atoms with Gasteiger partial charge in [0.25, 0.3) is 5.91 Å². The molecule has 1 atom stereocenters. The molecule has 0 saturated heterocycles. The third-order valence-corrected chi connectivity index (χ3v) is 6.43. The Bertz CT molecular complexity index is 919. The van der Waals surface area contributed by atoms with Crippen LogP contribution in [0.4, 0.5) is 0 Å². The van der Waals surface area contributed by atoms with Crippen molar-refractivity contribution in [3.63, 3.8) is 0 Å². The van der Waals surface area contributed by atoms with Gasteiger partial charge in [0.15, 0.2) is 0 Å². The molecule has 0 aliphatic carbocycles. The second-order valence-electron chi connectivity index (χ2n) is 6.63. The van der Waals surface area contributed by atoms with Gasteiger partial charge >= 0.3 is 0 Å². The molecule has 2 rings (SSSR count). The molecule has 0 bridgehead atoms. The van der Waals surface area contributed by atoms with Crippen LogP contribution >= 0.6 is 0 Å². The fourth-order valence-electron chi connectivity index (χ4n) is 2.79. The van der Waals surface area contributed by atoms with E-state index in [1.807, 2.05) is 45.0 Å². The van der Waals surface area contributed by atoms with Crippen molar-refractivity contribution in [3.05, 3.63) is 64.2 Å². The first-order valence-corrected chi connectivity index (χ1v) is 9.95. The van der Waals surface area contributed by atoms with Gasteiger partial charge in [0.2, 0.25) is 10.0 Å². The van der Waals surface area contributed by atoms with E-state index in [1.54, 1.807) is 24.9 Å². The van der Waals surface area contributed by atoms with Gasteiger partial charge in [0.05, 0.1) is 10.9 Å². The van der Waals surface area contributed by atoms with E-state index >= 15 is 0 Å². The Labute approximate surface area is 156 Å². The van der Waals surface area contributed by atoms with Gasteiger partial charge in [0, 0.05) is 12.6 Å². The lowest BCUT2D eigenvalue weighted by Crippen LogP contribution is -2.30. The Kier molecular flexibility index (Phi) is 5.88. The van der Waals surface area contributed by atoms with E-state index in [1.165, 1.54) is 13.1 Å². The van der Waals surface area contributed by atoms with E-state index in [0.29, 0.717) is 11.1 Å². The van der Waals surface area contributed by atoms with Crippen molar-refractivity contribution < 1.29 is 13.2 Å². The minimum absolute atomic E-state index is 0.130. The van der Waals surface area contributed by atoms with Gasteiger partial charge in [-0.05, 0) is 63.6 Å². The predicted molar refractivity (Wildman–Crippen MR) is 104 cm³/mol. The molecule has 0 saturated carbocycles. The molecule has 5 nitrogen and oxygen atoms in total. The van der Waals surface area contributed by atoms with E-state index in [4.69, 9.17) is 0 Å². The number of carbonyl (C=O) groups is 1. The van der Waals surface area contributed by atoms with Gasteiger partial charge in [-0.25, -0.2) is 13.1 Å². The van der Waals surface area contributed by atoms with Crippen molar-refractivity contribution >= 4 is 15.9 Å². The summed E-state index contributed by atoms with van der Waals surface area (Å²) in [7, 11) is -0.535. The van der Waals surface area contributed by atoms with E-state index in [-0.39, 0.29) is 16.8 Å². The number of rotatable bonds is 5. The second-order valence-corrected chi connectivity index (χ2v) is 8.48. The Hall–Kier alpha value is -2.18. The Morgan fingerprint density at radius 2 is 1.65 bits per heavy atom. The first-order valence-electron chi connectivity index (χ1n) is 8.47. The normalized spacial score (nSPS) is 12.7. The zero-order valence-corrected chi connectivity index (χ0v) is 16.9. The van der Waals surface area contributed by atoms with Crippen LogP contribution in [-0.2, 0) is 10.0 Å². The predicted octanol–water partition coefficient (Wildman–Crippen LogP) is 3.35. The summed E-state index contributed by atoms with van der Waals surface area (Å²) in [4.78, 5) is 14.7. The molecule has 0 radical (unpaired) electrons. The van der Waals surface area contributed by atoms with Gasteiger partial charge in [-0.3, -0.25) is 4.79 Å². The summed E-state index contributed by atoms with van der Waals surface area (Å²) in [5.41, 5.74) is 3.96. The Balaban J connectivity index is 2.41. The van der Waals surface area contributed by atoms with Crippen LogP contribution in [0.15, 0.2) is 41.3 Å². The molecule has 1 amide bonds. The molecule has 0 aromatic heterocycles. The molecule has 2 aromatic rings. The highest BCUT2D eigenvalue weighted by Crippen LogP contribution is 2.25. The topological polar surface area (TPSA) is 66.5 Å². The van der Waals surface area contributed by atoms with Crippen LogP contribution in [-0.4, -0.2) is 33.3 Å². The third-order valence-electron chi connectivity index (χ3n) is 4.89. The number of aryl methyl sites for hydroxylation is 2. The highest BCUT2D eigenvalue weighted by atomic mass is 32.2. The summed E-state index contributed by atoms with van der Waals surface area (Å²) in [5, 5.41) is 0. The fourth-order valence-corrected chi connectivity index (χ4v) is 3.85. The van der Waals surface area contributed by atoms with Crippen molar-refractivity contribution in [2.75, 3.05) is 14.1 Å². The zero-order valence-electron chi connectivity index (χ0n) is 16.1. The van der Waals surface area contributed by atoms with Gasteiger partial charge in [-0.1, -0.05) is 29.8 Å². The zero-order chi connectivity index (χ0) is 19.6. The molecule has 0 heterocycles. The highest BCUT2D eigenvalue weighted by molar-refractivity contribution is 7.89. The van der Waals surface area contributed by atoms with Gasteiger partial charge < -0.3 is 4.90 Å². The minimum atomic E-state index is -3.63. The van der Waals surface area contributed by atoms with Crippen molar-refractivity contribution in [3.8, 4) is 0 Å². The van der Waals surface area contributed by atoms with Crippen LogP contribution in [0.25, 0.3) is 0 Å². The molecule has 6 heteroatoms. The van der Waals surface area contributed by atoms with Crippen LogP contribution in [0.5, 0.6) is 0 Å². The fraction of sp³-hybridized carbons (Fsp3) is 0.350. The lowest BCUT2D eigenvalue weighted by Gasteiger charge is -2.26. The molecular weight excluding hydrogens is 348 g/mol. The summed E-state index contributed by atoms with van der Waals surface area (Å²) >= 11 is 0. The number of hydrogen-bond donors (Lipinski definition) is 1. The van der Waals surface area contributed by atoms with Crippen LogP contribution in [0.1, 0.15) is 45.6 Å². The molecule has 2 aromatic carbocycles. The number of amides is 1. The SMILES string of the molecule is CNS(=O)(=O)c1cc(C(=O)N(C)C(C)c2ccc(C)cc2)cc(C)c1C. The van der Waals surface area contributed by atoms with Crippen LogP contribution < -0.4 is 4.72 Å². The molecule has 1 unspecified atom stereocenters. The molecule has 1 N–H and O–H groups in total. The second kappa shape index (κ2) is 7.60. The maximum Gasteiger partial charge on any atom is 0.254 e. The number of benzene rings is 2. The first kappa shape index (κ1) is 20.1. The lowest BCUT2D eigenvalue weighted by atomic mass is 10.0. The summed E-state index contributed by atoms with van der Waals surface area (Å²) in [6.45, 7) is 7.52. The Morgan fingerprint density at radius 1 is 1.08 bits per heavy atom. The minimum Gasteiger partial charge on any atom is -0.335 e. The van der Waals surface area contributed by atoms with Crippen molar-refractivity contribution in [1.82, 2.24) is 9.62 Å². The third kappa shape index (κ3) is 3.97. The highest BCUT2D eigenvalue weighted by Gasteiger charge is 2.23. The molecule has 140 valence electrons. The van der Waals surface area contributed by atoms with Crippen molar-refractivity contribution in [2.45, 2.75) is 38.6 Å². The number of carbonyl (C=O) groups excluding carboxylic acids is 1. The average molecular weight is 375 g/mol. The van der Waals surface area contributed by atoms with E-state index < -0.39 is 10.0 Å². The van der Waals surface area contributed by atoms with E-state index in [9.17, 15) is 13.2 Å². The summed E-state index contributed by atoms with van der Waals surface area (Å²) in [6.07, 6.45) is 0. The first-order chi connectivity index (χ1) is 12.1. The van der Waals surface area contributed by atoms with Gasteiger partial charge in [0.1, 0.15) is 0 Å². The van der Waals surface area contributed by atoms with Gasteiger partial charge in [-0.2, -0.15) is 0 Å². The maximum absolute atomic E-state index is 13.0. The Morgan fingerprint density at radius 3 is 2.19 bits per heavy atom. The van der Waals surface area contributed by atoms with Crippen molar-refractivity contribution in [1.29, 1.82) is 0 Å². The number of nitrogens with zero attached hydrogens (tertiary/aromatic N) is 1. The number of nitrogens with one attached hydrogen (secondary N) is 1. The van der Waals surface area contributed by atoms with Gasteiger partial charge in [-0.15, -0.1) is 0 Å². The number of sulfonamides is 1. The maximum atomic E-state index is 13.0. The van der Waals surface area contributed by atoms with E-state index in [0.717, 1.165) is 16.7 Å². The van der Waals surface area contributed by atoms with Crippen LogP contribution in [0.3, 0.4) is 0 Å². The smallest absolute Gasteiger partial charge is 0.254 e. The molecule has 26 heavy (non-hydrogen) atoms. The molecule has 0 fully saturated rings. The molecular formula is C20H26N2O3S. The lowest BCUT2D eigenvalue weighted by molar-refractivity contribution is 0.0742. The molecule has 0 spiro atoms. The monoisotopic (exact) mass is 374 g/mol. The largest absolute Gasteiger partial charge is 0.335 e. The van der Waals surface area contributed by atoms with Crippen LogP contribution in [0.2, 0.25) is 0 Å².